The van der Waals surface area contributed by atoms with Gasteiger partial charge < -0.3 is 5.73 Å². The number of aromatic amines is 2. The Morgan fingerprint density at radius 1 is 0.507 bits per heavy atom. The molecule has 6 aromatic carbocycles. The van der Waals surface area contributed by atoms with E-state index < -0.39 is 5.91 Å². The van der Waals surface area contributed by atoms with Crippen LogP contribution in [0.4, 0.5) is 0 Å². The highest BCUT2D eigenvalue weighted by Gasteiger charge is 2.10. The van der Waals surface area contributed by atoms with E-state index in [4.69, 9.17) is 16.3 Å². The second kappa shape index (κ2) is 21.6. The standard InChI is InChI=1S/C17H13N5O.C17H11N5.C14H8BrN3.4CH4/c18-17(23)11-1-4-14(5-2-11)22-10-19-15-6-3-12(7-16(15)22)13-8-20-21-9-13;18-8-12-1-4-15(5-2-12)22-11-19-16-6-3-13(7-17(16)22)14-9-20-21-10-14;15-11-3-6-13-14(7-11)18(9-17-13)12-4-1-10(8-16)2-5-12;;;;/h1-10H,(H2,18,23)(H,20,21);1-7,9-11H,(H,20,21);1-7,9H;4*1H4. The Morgan fingerprint density at radius 2 is 0.881 bits per heavy atom. The van der Waals surface area contributed by atoms with Gasteiger partial charge in [0.05, 0.1) is 68.8 Å². The molecule has 5 heterocycles. The Morgan fingerprint density at radius 3 is 1.24 bits per heavy atom. The number of primary amides is 1. The second-order valence-corrected chi connectivity index (χ2v) is 15.0. The molecule has 5 aromatic heterocycles. The average molecular weight is 951 g/mol. The van der Waals surface area contributed by atoms with Crippen molar-refractivity contribution in [3.63, 3.8) is 0 Å². The van der Waals surface area contributed by atoms with Gasteiger partial charge >= 0.3 is 0 Å². The van der Waals surface area contributed by atoms with E-state index in [2.05, 4.69) is 75.5 Å². The highest BCUT2D eigenvalue weighted by Crippen LogP contribution is 2.27. The molecule has 0 aliphatic carbocycles. The fourth-order valence-electron chi connectivity index (χ4n) is 6.97. The Kier molecular flexibility index (Phi) is 15.9. The van der Waals surface area contributed by atoms with Crippen molar-refractivity contribution in [3.05, 3.63) is 192 Å². The number of aromatic nitrogens is 10. The van der Waals surface area contributed by atoms with Crippen molar-refractivity contribution in [1.29, 1.82) is 10.5 Å². The summed E-state index contributed by atoms with van der Waals surface area (Å²) in [6.07, 6.45) is 12.6. The van der Waals surface area contributed by atoms with Crippen LogP contribution in [0.5, 0.6) is 0 Å². The maximum Gasteiger partial charge on any atom is 0.248 e. The summed E-state index contributed by atoms with van der Waals surface area (Å²) >= 11 is 3.46. The van der Waals surface area contributed by atoms with Crippen molar-refractivity contribution in [2.75, 3.05) is 0 Å². The molecule has 0 saturated carbocycles. The summed E-state index contributed by atoms with van der Waals surface area (Å²) in [5, 5.41) is 31.3. The van der Waals surface area contributed by atoms with Gasteiger partial charge in [0, 0.05) is 50.6 Å². The zero-order valence-corrected chi connectivity index (χ0v) is 34.6. The number of hydrogen-bond donors (Lipinski definition) is 3. The van der Waals surface area contributed by atoms with Crippen molar-refractivity contribution in [2.45, 2.75) is 29.7 Å². The summed E-state index contributed by atoms with van der Waals surface area (Å²) in [4.78, 5) is 24.4. The molecule has 15 heteroatoms. The topological polar surface area (TPSA) is 201 Å². The van der Waals surface area contributed by atoms with Crippen LogP contribution in [0, 0.1) is 22.7 Å². The molecule has 334 valence electrons. The quantitative estimate of drug-likeness (QED) is 0.146. The van der Waals surface area contributed by atoms with Gasteiger partial charge in [-0.2, -0.15) is 20.7 Å². The number of carbonyl (C=O) groups is 1. The first kappa shape index (κ1) is 49.1. The van der Waals surface area contributed by atoms with Crippen LogP contribution >= 0.6 is 15.9 Å². The van der Waals surface area contributed by atoms with E-state index in [9.17, 15) is 4.79 Å². The lowest BCUT2D eigenvalue weighted by molar-refractivity contribution is 0.1000. The minimum absolute atomic E-state index is 0. The van der Waals surface area contributed by atoms with Gasteiger partial charge in [-0.25, -0.2) is 15.0 Å². The van der Waals surface area contributed by atoms with Crippen molar-refractivity contribution in [1.82, 2.24) is 49.0 Å². The number of carbonyl (C=O) groups excluding carboxylic acids is 1. The lowest BCUT2D eigenvalue weighted by Crippen LogP contribution is -2.10. The first-order chi connectivity index (χ1) is 30.8. The third-order valence-electron chi connectivity index (χ3n) is 10.2. The van der Waals surface area contributed by atoms with Gasteiger partial charge in [-0.15, -0.1) is 0 Å². The molecular formula is C52H48BrN13O. The normalized spacial score (nSPS) is 10.1. The molecule has 11 aromatic rings. The molecule has 0 saturated heterocycles. The van der Waals surface area contributed by atoms with Crippen molar-refractivity contribution in [3.8, 4) is 51.5 Å². The molecule has 0 bridgehead atoms. The number of nitrogens with two attached hydrogens (primary N) is 1. The molecule has 0 unspecified atom stereocenters. The fraction of sp³-hybridized carbons (Fsp3) is 0.0769. The number of imidazole rings is 3. The number of nitriles is 2. The lowest BCUT2D eigenvalue weighted by atomic mass is 10.1. The molecule has 0 aliphatic heterocycles. The minimum atomic E-state index is -0.436. The largest absolute Gasteiger partial charge is 0.366 e. The maximum atomic E-state index is 11.2. The number of nitrogens with zero attached hydrogens (tertiary/aromatic N) is 10. The molecule has 14 nitrogen and oxygen atoms in total. The molecule has 4 N–H and O–H groups in total. The first-order valence-corrected chi connectivity index (χ1v) is 20.1. The number of rotatable bonds is 6. The molecule has 67 heavy (non-hydrogen) atoms. The van der Waals surface area contributed by atoms with Gasteiger partial charge in [0.2, 0.25) is 5.91 Å². The Bertz CT molecular complexity index is 3450. The van der Waals surface area contributed by atoms with Gasteiger partial charge in [0.15, 0.2) is 0 Å². The van der Waals surface area contributed by atoms with E-state index in [0.717, 1.165) is 76.9 Å². The van der Waals surface area contributed by atoms with Crippen molar-refractivity contribution < 1.29 is 4.79 Å². The van der Waals surface area contributed by atoms with E-state index in [1.807, 2.05) is 105 Å². The number of H-pyrrole nitrogens is 2. The summed E-state index contributed by atoms with van der Waals surface area (Å²) in [5.41, 5.74) is 20.0. The fourth-order valence-corrected chi connectivity index (χ4v) is 7.32. The molecule has 11 rings (SSSR count). The van der Waals surface area contributed by atoms with Gasteiger partial charge in [0.1, 0.15) is 19.0 Å². The number of benzene rings is 6. The zero-order chi connectivity index (χ0) is 43.3. The molecule has 0 aliphatic rings. The maximum absolute atomic E-state index is 11.2. The van der Waals surface area contributed by atoms with Gasteiger partial charge in [-0.3, -0.25) is 28.7 Å². The minimum Gasteiger partial charge on any atom is -0.366 e. The number of nitrogens with one attached hydrogen (secondary N) is 2. The summed E-state index contributed by atoms with van der Waals surface area (Å²) in [7, 11) is 0. The summed E-state index contributed by atoms with van der Waals surface area (Å²) < 4.78 is 7.01. The van der Waals surface area contributed by atoms with Crippen LogP contribution in [0.2, 0.25) is 0 Å². The van der Waals surface area contributed by atoms with Crippen molar-refractivity contribution >= 4 is 54.9 Å². The molecule has 1 amide bonds. The Hall–Kier alpha value is -8.92. The van der Waals surface area contributed by atoms with E-state index >= 15 is 0 Å². The lowest BCUT2D eigenvalue weighted by Gasteiger charge is -2.06. The van der Waals surface area contributed by atoms with Gasteiger partial charge in [-0.05, 0) is 126 Å². The smallest absolute Gasteiger partial charge is 0.248 e. The van der Waals surface area contributed by atoms with E-state index in [-0.39, 0.29) is 29.7 Å². The van der Waals surface area contributed by atoms with Crippen LogP contribution in [0.1, 0.15) is 51.2 Å². The SMILES string of the molecule is C.C.C.C.N#Cc1ccc(-n2cnc3ccc(-c4cn[nH]c4)cc32)cc1.N#Cc1ccc(-n2cnc3ccc(Br)cc32)cc1.NC(=O)c1ccc(-n2cnc3ccc(-c4cn[nH]c4)cc32)cc1. The number of fused-ring (bicyclic) bond motifs is 3. The first-order valence-electron chi connectivity index (χ1n) is 19.3. The van der Waals surface area contributed by atoms with E-state index in [1.54, 1.807) is 67.8 Å². The predicted octanol–water partition coefficient (Wildman–Crippen LogP) is 12.0. The summed E-state index contributed by atoms with van der Waals surface area (Å²) in [6, 6.07) is 44.4. The molecule has 0 atom stereocenters. The zero-order valence-electron chi connectivity index (χ0n) is 33.0. The van der Waals surface area contributed by atoms with Crippen LogP contribution in [0.15, 0.2) is 176 Å². The number of amides is 1. The highest BCUT2D eigenvalue weighted by molar-refractivity contribution is 9.10. The van der Waals surface area contributed by atoms with Crippen LogP contribution in [0.25, 0.3) is 72.4 Å². The molecule has 0 radical (unpaired) electrons. The molecule has 0 fully saturated rings. The van der Waals surface area contributed by atoms with Crippen molar-refractivity contribution in [2.24, 2.45) is 5.73 Å². The second-order valence-electron chi connectivity index (χ2n) is 14.1. The third-order valence-corrected chi connectivity index (χ3v) is 10.7. The summed E-state index contributed by atoms with van der Waals surface area (Å²) in [6.45, 7) is 0. The Labute approximate surface area is 396 Å². The third kappa shape index (κ3) is 10.4. The van der Waals surface area contributed by atoms with Gasteiger partial charge in [-0.1, -0.05) is 57.8 Å². The van der Waals surface area contributed by atoms with Crippen LogP contribution < -0.4 is 5.73 Å². The van der Waals surface area contributed by atoms with E-state index in [0.29, 0.717) is 16.7 Å². The van der Waals surface area contributed by atoms with Crippen LogP contribution in [-0.2, 0) is 0 Å². The van der Waals surface area contributed by atoms with E-state index in [1.165, 1.54) is 0 Å². The predicted molar refractivity (Wildman–Crippen MR) is 271 cm³/mol. The average Bonchev–Trinajstić information content (AvgIpc) is 4.20. The number of hydrogen-bond acceptors (Lipinski definition) is 8. The van der Waals surface area contributed by atoms with Gasteiger partial charge in [0.25, 0.3) is 0 Å². The summed E-state index contributed by atoms with van der Waals surface area (Å²) in [5.74, 6) is -0.436. The van der Waals surface area contributed by atoms with Crippen LogP contribution in [-0.4, -0.2) is 55.0 Å². The Balaban J connectivity index is 0.000000184. The molecule has 0 spiro atoms. The van der Waals surface area contributed by atoms with Crippen LogP contribution in [0.3, 0.4) is 0 Å². The highest BCUT2D eigenvalue weighted by atomic mass is 79.9. The molecular weight excluding hydrogens is 903 g/mol. The monoisotopic (exact) mass is 949 g/mol. The number of halogens is 1.